The van der Waals surface area contributed by atoms with Gasteiger partial charge in [-0.25, -0.2) is 9.78 Å². The molecule has 9 nitrogen and oxygen atoms in total. The molecule has 0 saturated heterocycles. The standard InChI is InChI=1S/C19H20N4O5/c1-27-10-11-28-17-7-6-13(12-20-17)21-16(24)8-9-23-15-5-3-2-4-14(15)18(25)22-19(23)26/h2-7,12H,8-11H2,1H3,(H,21,24)(H,22,25,26). The van der Waals surface area contributed by atoms with Crippen molar-refractivity contribution in [2.24, 2.45) is 0 Å². The first-order valence-electron chi connectivity index (χ1n) is 8.68. The number of para-hydroxylation sites is 1. The number of H-pyrrole nitrogens is 1. The molecule has 0 radical (unpaired) electrons. The van der Waals surface area contributed by atoms with Gasteiger partial charge in [0, 0.05) is 26.1 Å². The molecule has 0 aliphatic heterocycles. The third kappa shape index (κ3) is 4.63. The van der Waals surface area contributed by atoms with E-state index in [2.05, 4.69) is 15.3 Å². The maximum Gasteiger partial charge on any atom is 0.328 e. The van der Waals surface area contributed by atoms with Crippen molar-refractivity contribution in [2.75, 3.05) is 25.6 Å². The molecule has 3 rings (SSSR count). The van der Waals surface area contributed by atoms with Crippen LogP contribution in [0.5, 0.6) is 5.88 Å². The number of nitrogens with one attached hydrogen (secondary N) is 2. The Balaban J connectivity index is 1.63. The summed E-state index contributed by atoms with van der Waals surface area (Å²) in [5.74, 6) is 0.151. The predicted molar refractivity (Wildman–Crippen MR) is 104 cm³/mol. The van der Waals surface area contributed by atoms with Crippen LogP contribution >= 0.6 is 0 Å². The summed E-state index contributed by atoms with van der Waals surface area (Å²) in [4.78, 5) is 42.6. The zero-order valence-corrected chi connectivity index (χ0v) is 15.3. The van der Waals surface area contributed by atoms with Gasteiger partial charge in [0.25, 0.3) is 5.56 Å². The summed E-state index contributed by atoms with van der Waals surface area (Å²) < 4.78 is 11.6. The molecule has 0 atom stereocenters. The van der Waals surface area contributed by atoms with Crippen LogP contribution in [-0.4, -0.2) is 40.8 Å². The molecule has 0 spiro atoms. The number of carbonyl (C=O) groups excluding carboxylic acids is 1. The molecule has 0 fully saturated rings. The van der Waals surface area contributed by atoms with Gasteiger partial charge in [-0.2, -0.15) is 0 Å². The molecule has 0 aliphatic carbocycles. The Hall–Kier alpha value is -3.46. The number of fused-ring (bicyclic) bond motifs is 1. The van der Waals surface area contributed by atoms with Gasteiger partial charge in [-0.1, -0.05) is 12.1 Å². The minimum absolute atomic E-state index is 0.0576. The largest absolute Gasteiger partial charge is 0.475 e. The molecule has 0 saturated carbocycles. The van der Waals surface area contributed by atoms with Crippen molar-refractivity contribution in [2.45, 2.75) is 13.0 Å². The number of aryl methyl sites for hydroxylation is 1. The number of carbonyl (C=O) groups is 1. The second-order valence-corrected chi connectivity index (χ2v) is 5.95. The fourth-order valence-corrected chi connectivity index (χ4v) is 2.67. The number of amides is 1. The van der Waals surface area contributed by atoms with Gasteiger partial charge in [0.1, 0.15) is 6.61 Å². The van der Waals surface area contributed by atoms with E-state index in [0.29, 0.717) is 35.7 Å². The monoisotopic (exact) mass is 384 g/mol. The lowest BCUT2D eigenvalue weighted by Gasteiger charge is -2.10. The van der Waals surface area contributed by atoms with Gasteiger partial charge >= 0.3 is 5.69 Å². The molecule has 0 aliphatic rings. The fraction of sp³-hybridized carbons (Fsp3) is 0.263. The summed E-state index contributed by atoms with van der Waals surface area (Å²) in [7, 11) is 1.58. The summed E-state index contributed by atoms with van der Waals surface area (Å²) in [6.07, 6.45) is 1.55. The fourth-order valence-electron chi connectivity index (χ4n) is 2.67. The van der Waals surface area contributed by atoms with Gasteiger partial charge in [-0.05, 0) is 18.2 Å². The summed E-state index contributed by atoms with van der Waals surface area (Å²) >= 11 is 0. The number of methoxy groups -OCH3 is 1. The summed E-state index contributed by atoms with van der Waals surface area (Å²) in [5, 5.41) is 3.12. The Morgan fingerprint density at radius 3 is 2.75 bits per heavy atom. The molecule has 28 heavy (non-hydrogen) atoms. The lowest BCUT2D eigenvalue weighted by Crippen LogP contribution is -2.31. The average molecular weight is 384 g/mol. The van der Waals surface area contributed by atoms with Crippen molar-refractivity contribution < 1.29 is 14.3 Å². The second kappa shape index (κ2) is 8.96. The molecule has 2 heterocycles. The molecular weight excluding hydrogens is 364 g/mol. The molecule has 1 amide bonds. The summed E-state index contributed by atoms with van der Waals surface area (Å²) in [6.45, 7) is 0.976. The molecule has 1 aromatic carbocycles. The number of aromatic amines is 1. The van der Waals surface area contributed by atoms with Crippen LogP contribution in [0.1, 0.15) is 6.42 Å². The van der Waals surface area contributed by atoms with Crippen molar-refractivity contribution >= 4 is 22.5 Å². The molecule has 3 aromatic rings. The van der Waals surface area contributed by atoms with Crippen LogP contribution in [0.15, 0.2) is 52.2 Å². The van der Waals surface area contributed by atoms with Crippen molar-refractivity contribution in [1.82, 2.24) is 14.5 Å². The van der Waals surface area contributed by atoms with E-state index in [1.807, 2.05) is 0 Å². The minimum atomic E-state index is -0.546. The molecule has 0 bridgehead atoms. The number of hydrogen-bond donors (Lipinski definition) is 2. The quantitative estimate of drug-likeness (QED) is 0.563. The second-order valence-electron chi connectivity index (χ2n) is 5.95. The van der Waals surface area contributed by atoms with E-state index in [1.54, 1.807) is 43.5 Å². The lowest BCUT2D eigenvalue weighted by atomic mass is 10.2. The van der Waals surface area contributed by atoms with Crippen molar-refractivity contribution in [1.29, 1.82) is 0 Å². The van der Waals surface area contributed by atoms with Crippen LogP contribution in [-0.2, 0) is 16.1 Å². The maximum atomic E-state index is 12.2. The SMILES string of the molecule is COCCOc1ccc(NC(=O)CCn2c(=O)[nH]c(=O)c3ccccc32)cn1. The third-order valence-electron chi connectivity index (χ3n) is 4.03. The normalized spacial score (nSPS) is 10.8. The Labute approximate surface area is 159 Å². The van der Waals surface area contributed by atoms with Gasteiger partial charge in [-0.3, -0.25) is 19.1 Å². The van der Waals surface area contributed by atoms with Crippen molar-refractivity contribution in [3.8, 4) is 5.88 Å². The topological polar surface area (TPSA) is 115 Å². The van der Waals surface area contributed by atoms with E-state index in [0.717, 1.165) is 0 Å². The van der Waals surface area contributed by atoms with Crippen LogP contribution in [0.25, 0.3) is 10.9 Å². The maximum absolute atomic E-state index is 12.2. The first-order chi connectivity index (χ1) is 13.6. The molecule has 146 valence electrons. The molecule has 0 unspecified atom stereocenters. The average Bonchev–Trinajstić information content (AvgIpc) is 2.69. The van der Waals surface area contributed by atoms with Gasteiger partial charge < -0.3 is 14.8 Å². The highest BCUT2D eigenvalue weighted by Gasteiger charge is 2.09. The Bertz CT molecular complexity index is 1070. The molecule has 2 N–H and O–H groups in total. The highest BCUT2D eigenvalue weighted by atomic mass is 16.5. The third-order valence-corrected chi connectivity index (χ3v) is 4.03. The van der Waals surface area contributed by atoms with E-state index in [4.69, 9.17) is 9.47 Å². The number of rotatable bonds is 8. The smallest absolute Gasteiger partial charge is 0.328 e. The number of anilines is 1. The van der Waals surface area contributed by atoms with Crippen LogP contribution in [0, 0.1) is 0 Å². The van der Waals surface area contributed by atoms with Gasteiger partial charge in [0.05, 0.1) is 29.4 Å². The zero-order chi connectivity index (χ0) is 19.9. The minimum Gasteiger partial charge on any atom is -0.475 e. The Kier molecular flexibility index (Phi) is 6.18. The number of pyridine rings is 1. The number of hydrogen-bond acceptors (Lipinski definition) is 6. The highest BCUT2D eigenvalue weighted by molar-refractivity contribution is 5.90. The predicted octanol–water partition coefficient (Wildman–Crippen LogP) is 1.14. The number of benzene rings is 1. The molecule has 2 aromatic heterocycles. The lowest BCUT2D eigenvalue weighted by molar-refractivity contribution is -0.116. The van der Waals surface area contributed by atoms with Crippen molar-refractivity contribution in [3.05, 3.63) is 63.4 Å². The van der Waals surface area contributed by atoms with Crippen LogP contribution in [0.3, 0.4) is 0 Å². The number of nitrogens with zero attached hydrogens (tertiary/aromatic N) is 2. The highest BCUT2D eigenvalue weighted by Crippen LogP contribution is 2.12. The Morgan fingerprint density at radius 2 is 2.00 bits per heavy atom. The van der Waals surface area contributed by atoms with E-state index in [1.165, 1.54) is 10.8 Å². The van der Waals surface area contributed by atoms with Gasteiger partial charge in [0.2, 0.25) is 11.8 Å². The van der Waals surface area contributed by atoms with E-state index in [-0.39, 0.29) is 18.9 Å². The van der Waals surface area contributed by atoms with E-state index >= 15 is 0 Å². The summed E-state index contributed by atoms with van der Waals surface area (Å²) in [5.41, 5.74) is 0.0157. The van der Waals surface area contributed by atoms with Crippen molar-refractivity contribution in [3.63, 3.8) is 0 Å². The van der Waals surface area contributed by atoms with E-state index < -0.39 is 11.2 Å². The number of ether oxygens (including phenoxy) is 2. The number of aromatic nitrogens is 3. The van der Waals surface area contributed by atoms with Crippen LogP contribution in [0.2, 0.25) is 0 Å². The van der Waals surface area contributed by atoms with Gasteiger partial charge in [0.15, 0.2) is 0 Å². The van der Waals surface area contributed by atoms with E-state index in [9.17, 15) is 14.4 Å². The summed E-state index contributed by atoms with van der Waals surface area (Å²) in [6, 6.07) is 10.1. The van der Waals surface area contributed by atoms with Crippen LogP contribution in [0.4, 0.5) is 5.69 Å². The first kappa shape index (κ1) is 19.3. The molecule has 9 heteroatoms. The molecular formula is C19H20N4O5. The Morgan fingerprint density at radius 1 is 1.18 bits per heavy atom. The van der Waals surface area contributed by atoms with Gasteiger partial charge in [-0.15, -0.1) is 0 Å². The first-order valence-corrected chi connectivity index (χ1v) is 8.68. The van der Waals surface area contributed by atoms with Crippen LogP contribution < -0.4 is 21.3 Å². The zero-order valence-electron chi connectivity index (χ0n) is 15.3.